The van der Waals surface area contributed by atoms with Crippen molar-refractivity contribution in [1.82, 2.24) is 0 Å². The zero-order valence-electron chi connectivity index (χ0n) is 5.82. The fraction of sp³-hybridized carbons (Fsp3) is 0.500. The lowest BCUT2D eigenvalue weighted by Crippen LogP contribution is -1.97. The minimum absolute atomic E-state index is 0.0231. The van der Waals surface area contributed by atoms with Gasteiger partial charge in [-0.05, 0) is 19.4 Å². The average molecular weight is 126 g/mol. The van der Waals surface area contributed by atoms with E-state index in [2.05, 4.69) is 6.08 Å². The van der Waals surface area contributed by atoms with Gasteiger partial charge in [-0.3, -0.25) is 0 Å². The van der Waals surface area contributed by atoms with E-state index in [-0.39, 0.29) is 11.7 Å². The van der Waals surface area contributed by atoms with E-state index in [0.29, 0.717) is 0 Å². The van der Waals surface area contributed by atoms with Crippen molar-refractivity contribution in [3.63, 3.8) is 0 Å². The molecule has 9 heavy (non-hydrogen) atoms. The maximum Gasteiger partial charge on any atom is 0.103 e. The van der Waals surface area contributed by atoms with Gasteiger partial charge in [0.2, 0.25) is 0 Å². The molecule has 1 unspecified atom stereocenters. The molecule has 0 aromatic rings. The van der Waals surface area contributed by atoms with Gasteiger partial charge in [-0.25, -0.2) is 4.39 Å². The molecule has 0 aromatic carbocycles. The summed E-state index contributed by atoms with van der Waals surface area (Å²) in [6.07, 6.45) is 4.52. The van der Waals surface area contributed by atoms with Crippen LogP contribution in [0.5, 0.6) is 0 Å². The molecule has 0 saturated carbocycles. The maximum absolute atomic E-state index is 12.6. The van der Waals surface area contributed by atoms with Crippen molar-refractivity contribution < 1.29 is 4.39 Å². The lowest BCUT2D eigenvalue weighted by molar-refractivity contribution is 0.488. The highest BCUT2D eigenvalue weighted by Crippen LogP contribution is 2.23. The summed E-state index contributed by atoms with van der Waals surface area (Å²) in [6.45, 7) is 3.82. The zero-order valence-corrected chi connectivity index (χ0v) is 5.82. The Morgan fingerprint density at radius 1 is 1.67 bits per heavy atom. The normalized spacial score (nSPS) is 27.2. The first kappa shape index (κ1) is 6.53. The topological polar surface area (TPSA) is 0 Å². The van der Waals surface area contributed by atoms with Crippen molar-refractivity contribution in [2.75, 3.05) is 0 Å². The van der Waals surface area contributed by atoms with Gasteiger partial charge in [0.15, 0.2) is 0 Å². The molecule has 0 saturated heterocycles. The van der Waals surface area contributed by atoms with Crippen LogP contribution in [0.2, 0.25) is 0 Å². The van der Waals surface area contributed by atoms with Crippen molar-refractivity contribution in [3.8, 4) is 0 Å². The van der Waals surface area contributed by atoms with Crippen LogP contribution in [0.4, 0.5) is 4.39 Å². The summed E-state index contributed by atoms with van der Waals surface area (Å²) in [5.41, 5.74) is 1.05. The molecule has 1 heteroatoms. The number of rotatable bonds is 0. The quantitative estimate of drug-likeness (QED) is 0.468. The summed E-state index contributed by atoms with van der Waals surface area (Å²) in [4.78, 5) is 0. The van der Waals surface area contributed by atoms with Gasteiger partial charge in [-0.2, -0.15) is 0 Å². The second-order valence-corrected chi connectivity index (χ2v) is 2.61. The number of halogens is 1. The highest BCUT2D eigenvalue weighted by molar-refractivity contribution is 5.24. The molecule has 0 amide bonds. The number of hydrogen-bond donors (Lipinski definition) is 0. The Labute approximate surface area is 55.1 Å². The second-order valence-electron chi connectivity index (χ2n) is 2.61. The molecule has 50 valence electrons. The van der Waals surface area contributed by atoms with Crippen LogP contribution in [0.1, 0.15) is 20.3 Å². The number of hydrogen-bond acceptors (Lipinski definition) is 0. The van der Waals surface area contributed by atoms with Crippen molar-refractivity contribution in [2.45, 2.75) is 20.3 Å². The standard InChI is InChI=1S/C8H11F/c1-6-3-4-7(2)8(9)5-6/h3,5,7H,4H2,1-2H3. The van der Waals surface area contributed by atoms with Crippen LogP contribution < -0.4 is 0 Å². The highest BCUT2D eigenvalue weighted by atomic mass is 19.1. The van der Waals surface area contributed by atoms with Crippen molar-refractivity contribution in [1.29, 1.82) is 0 Å². The molecule has 1 rings (SSSR count). The van der Waals surface area contributed by atoms with Gasteiger partial charge in [0.25, 0.3) is 0 Å². The molecule has 0 radical (unpaired) electrons. The van der Waals surface area contributed by atoms with Crippen molar-refractivity contribution >= 4 is 0 Å². The van der Waals surface area contributed by atoms with Crippen LogP contribution in [-0.4, -0.2) is 0 Å². The molecule has 0 fully saturated rings. The fourth-order valence-electron chi connectivity index (χ4n) is 0.894. The predicted molar refractivity (Wildman–Crippen MR) is 36.7 cm³/mol. The summed E-state index contributed by atoms with van der Waals surface area (Å²) in [6, 6.07) is 0. The maximum atomic E-state index is 12.6. The second kappa shape index (κ2) is 2.34. The predicted octanol–water partition coefficient (Wildman–Crippen LogP) is 2.83. The molecule has 0 nitrogen and oxygen atoms in total. The Bertz CT molecular complexity index is 165. The molecular formula is C8H11F. The summed E-state index contributed by atoms with van der Waals surface area (Å²) in [7, 11) is 0. The third kappa shape index (κ3) is 1.41. The number of allylic oxidation sites excluding steroid dienone is 4. The van der Waals surface area contributed by atoms with Gasteiger partial charge in [0.05, 0.1) is 0 Å². The van der Waals surface area contributed by atoms with E-state index < -0.39 is 0 Å². The Hall–Kier alpha value is -0.590. The minimum atomic E-state index is 0.0231. The van der Waals surface area contributed by atoms with Gasteiger partial charge in [-0.15, -0.1) is 0 Å². The van der Waals surface area contributed by atoms with Crippen LogP contribution in [-0.2, 0) is 0 Å². The van der Waals surface area contributed by atoms with Gasteiger partial charge < -0.3 is 0 Å². The largest absolute Gasteiger partial charge is 0.212 e. The average Bonchev–Trinajstić information content (AvgIpc) is 1.80. The minimum Gasteiger partial charge on any atom is -0.212 e. The third-order valence-electron chi connectivity index (χ3n) is 1.63. The molecular weight excluding hydrogens is 115 g/mol. The lowest BCUT2D eigenvalue weighted by Gasteiger charge is -2.10. The van der Waals surface area contributed by atoms with E-state index >= 15 is 0 Å². The first-order valence-electron chi connectivity index (χ1n) is 3.24. The van der Waals surface area contributed by atoms with E-state index in [4.69, 9.17) is 0 Å². The van der Waals surface area contributed by atoms with Crippen LogP contribution in [0.15, 0.2) is 23.6 Å². The summed E-state index contributed by atoms with van der Waals surface area (Å²) in [5, 5.41) is 0. The molecule has 0 spiro atoms. The molecule has 0 heterocycles. The lowest BCUT2D eigenvalue weighted by atomic mass is 9.98. The van der Waals surface area contributed by atoms with Crippen LogP contribution in [0.3, 0.4) is 0 Å². The summed E-state index contributed by atoms with van der Waals surface area (Å²) < 4.78 is 12.6. The molecule has 1 aliphatic carbocycles. The molecule has 0 bridgehead atoms. The SMILES string of the molecule is CC1=CCC(C)C(F)=C1. The smallest absolute Gasteiger partial charge is 0.103 e. The van der Waals surface area contributed by atoms with Crippen LogP contribution >= 0.6 is 0 Å². The third-order valence-corrected chi connectivity index (χ3v) is 1.63. The van der Waals surface area contributed by atoms with Crippen LogP contribution in [0, 0.1) is 5.92 Å². The van der Waals surface area contributed by atoms with E-state index in [0.717, 1.165) is 12.0 Å². The fourth-order valence-corrected chi connectivity index (χ4v) is 0.894. The van der Waals surface area contributed by atoms with E-state index in [1.165, 1.54) is 0 Å². The molecule has 0 N–H and O–H groups in total. The van der Waals surface area contributed by atoms with Crippen molar-refractivity contribution in [3.05, 3.63) is 23.6 Å². The van der Waals surface area contributed by atoms with Crippen LogP contribution in [0.25, 0.3) is 0 Å². The monoisotopic (exact) mass is 126 g/mol. The zero-order chi connectivity index (χ0) is 6.85. The van der Waals surface area contributed by atoms with Gasteiger partial charge in [0.1, 0.15) is 5.83 Å². The Balaban J connectivity index is 2.74. The molecule has 0 aliphatic heterocycles. The highest BCUT2D eigenvalue weighted by Gasteiger charge is 2.09. The summed E-state index contributed by atoms with van der Waals surface area (Å²) >= 11 is 0. The summed E-state index contributed by atoms with van der Waals surface area (Å²) in [5.74, 6) is 0.128. The molecule has 0 aromatic heterocycles. The van der Waals surface area contributed by atoms with Gasteiger partial charge >= 0.3 is 0 Å². The van der Waals surface area contributed by atoms with Gasteiger partial charge in [-0.1, -0.05) is 18.6 Å². The Morgan fingerprint density at radius 3 is 2.78 bits per heavy atom. The Morgan fingerprint density at radius 2 is 2.33 bits per heavy atom. The van der Waals surface area contributed by atoms with E-state index in [9.17, 15) is 4.39 Å². The molecule has 1 atom stereocenters. The molecule has 1 aliphatic rings. The van der Waals surface area contributed by atoms with E-state index in [1.807, 2.05) is 13.8 Å². The van der Waals surface area contributed by atoms with E-state index in [1.54, 1.807) is 6.08 Å². The van der Waals surface area contributed by atoms with Crippen molar-refractivity contribution in [2.24, 2.45) is 5.92 Å². The Kier molecular flexibility index (Phi) is 1.70. The van der Waals surface area contributed by atoms with Gasteiger partial charge in [0, 0.05) is 5.92 Å². The first-order chi connectivity index (χ1) is 4.20. The first-order valence-corrected chi connectivity index (χ1v) is 3.24.